The smallest absolute Gasteiger partial charge is 0.410 e. The molecule has 3 nitrogen and oxygen atoms in total. The van der Waals surface area contributed by atoms with Crippen LogP contribution in [-0.4, -0.2) is 30.7 Å². The quantitative estimate of drug-likeness (QED) is 0.550. The van der Waals surface area contributed by atoms with Crippen molar-refractivity contribution in [1.29, 1.82) is 0 Å². The highest BCUT2D eigenvalue weighted by Crippen LogP contribution is 2.13. The molecule has 0 saturated carbocycles. The Morgan fingerprint density at radius 2 is 1.89 bits per heavy atom. The topological polar surface area (TPSA) is 29.5 Å². The molecule has 0 fully saturated rings. The molecular formula is C15H27NO2. The molecule has 3 heteroatoms. The third kappa shape index (κ3) is 7.15. The van der Waals surface area contributed by atoms with Crippen molar-refractivity contribution in [2.45, 2.75) is 39.5 Å². The van der Waals surface area contributed by atoms with E-state index in [1.165, 1.54) is 12.8 Å². The summed E-state index contributed by atoms with van der Waals surface area (Å²) in [5.74, 6) is 0.475. The predicted octanol–water partition coefficient (Wildman–Crippen LogP) is 4.01. The third-order valence-corrected chi connectivity index (χ3v) is 2.94. The minimum absolute atomic E-state index is 0.273. The SMILES string of the molecule is C=CCN(CC=C)C(=O)OCC(CC)CCCC. The van der Waals surface area contributed by atoms with Crippen LogP contribution in [0.25, 0.3) is 0 Å². The van der Waals surface area contributed by atoms with Gasteiger partial charge in [0.25, 0.3) is 0 Å². The molecule has 0 aliphatic rings. The van der Waals surface area contributed by atoms with Gasteiger partial charge in [0, 0.05) is 13.1 Å². The summed E-state index contributed by atoms with van der Waals surface area (Å²) in [6.07, 6.45) is 7.67. The van der Waals surface area contributed by atoms with Crippen LogP contribution >= 0.6 is 0 Å². The Kier molecular flexibility index (Phi) is 10.1. The van der Waals surface area contributed by atoms with Gasteiger partial charge in [-0.15, -0.1) is 13.2 Å². The molecule has 0 N–H and O–H groups in total. The lowest BCUT2D eigenvalue weighted by Gasteiger charge is -2.21. The normalized spacial score (nSPS) is 11.7. The number of rotatable bonds is 10. The molecule has 0 bridgehead atoms. The molecule has 1 atom stereocenters. The molecule has 0 heterocycles. The van der Waals surface area contributed by atoms with Crippen LogP contribution < -0.4 is 0 Å². The van der Waals surface area contributed by atoms with Crippen molar-refractivity contribution < 1.29 is 9.53 Å². The minimum Gasteiger partial charge on any atom is -0.449 e. The van der Waals surface area contributed by atoms with Gasteiger partial charge < -0.3 is 9.64 Å². The summed E-state index contributed by atoms with van der Waals surface area (Å²) in [5.41, 5.74) is 0. The summed E-state index contributed by atoms with van der Waals surface area (Å²) in [4.78, 5) is 13.4. The van der Waals surface area contributed by atoms with E-state index >= 15 is 0 Å². The van der Waals surface area contributed by atoms with Gasteiger partial charge in [-0.3, -0.25) is 0 Å². The lowest BCUT2D eigenvalue weighted by molar-refractivity contribution is 0.0913. The zero-order valence-corrected chi connectivity index (χ0v) is 11.9. The molecule has 0 aromatic rings. The van der Waals surface area contributed by atoms with Gasteiger partial charge in [-0.05, 0) is 12.3 Å². The average Bonchev–Trinajstić information content (AvgIpc) is 2.38. The predicted molar refractivity (Wildman–Crippen MR) is 76.6 cm³/mol. The fraction of sp³-hybridized carbons (Fsp3) is 0.667. The van der Waals surface area contributed by atoms with Gasteiger partial charge in [0.15, 0.2) is 0 Å². The molecule has 0 radical (unpaired) electrons. The molecule has 0 aliphatic carbocycles. The summed E-state index contributed by atoms with van der Waals surface area (Å²) in [6.45, 7) is 13.1. The van der Waals surface area contributed by atoms with Gasteiger partial charge in [-0.1, -0.05) is 45.3 Å². The summed E-state index contributed by atoms with van der Waals surface area (Å²) >= 11 is 0. The van der Waals surface area contributed by atoms with Crippen molar-refractivity contribution in [3.63, 3.8) is 0 Å². The first-order valence-electron chi connectivity index (χ1n) is 6.82. The van der Waals surface area contributed by atoms with Crippen molar-refractivity contribution in [2.24, 2.45) is 5.92 Å². The van der Waals surface area contributed by atoms with Crippen LogP contribution in [0.4, 0.5) is 4.79 Å². The Labute approximate surface area is 112 Å². The summed E-state index contributed by atoms with van der Waals surface area (Å²) in [6, 6.07) is 0. The number of amides is 1. The van der Waals surface area contributed by atoms with Crippen molar-refractivity contribution in [2.75, 3.05) is 19.7 Å². The van der Waals surface area contributed by atoms with Crippen molar-refractivity contribution in [3.8, 4) is 0 Å². The van der Waals surface area contributed by atoms with E-state index in [-0.39, 0.29) is 6.09 Å². The maximum absolute atomic E-state index is 11.8. The van der Waals surface area contributed by atoms with Crippen LogP contribution in [0.3, 0.4) is 0 Å². The Morgan fingerprint density at radius 3 is 2.33 bits per heavy atom. The van der Waals surface area contributed by atoms with Gasteiger partial charge >= 0.3 is 6.09 Å². The molecule has 0 rings (SSSR count). The first-order valence-corrected chi connectivity index (χ1v) is 6.82. The van der Waals surface area contributed by atoms with E-state index in [2.05, 4.69) is 27.0 Å². The fourth-order valence-corrected chi connectivity index (χ4v) is 1.71. The second kappa shape index (κ2) is 10.9. The maximum Gasteiger partial charge on any atom is 0.410 e. The van der Waals surface area contributed by atoms with Crippen molar-refractivity contribution in [3.05, 3.63) is 25.3 Å². The standard InChI is InChI=1S/C15H27NO2/c1-5-9-10-14(8-4)13-18-15(17)16(11-6-2)12-7-3/h6-7,14H,2-3,5,8-13H2,1,4H3. The van der Waals surface area contributed by atoms with Gasteiger partial charge in [-0.2, -0.15) is 0 Å². The van der Waals surface area contributed by atoms with Crippen molar-refractivity contribution >= 4 is 6.09 Å². The summed E-state index contributed by atoms with van der Waals surface area (Å²) in [5, 5.41) is 0. The molecule has 0 aromatic carbocycles. The van der Waals surface area contributed by atoms with Crippen LogP contribution in [0.1, 0.15) is 39.5 Å². The average molecular weight is 253 g/mol. The number of carbonyl (C=O) groups excluding carboxylic acids is 1. The molecule has 1 amide bonds. The highest BCUT2D eigenvalue weighted by Gasteiger charge is 2.14. The molecule has 1 unspecified atom stereocenters. The number of hydrogen-bond acceptors (Lipinski definition) is 2. The number of carbonyl (C=O) groups is 1. The van der Waals surface area contributed by atoms with Crippen LogP contribution in [0.15, 0.2) is 25.3 Å². The highest BCUT2D eigenvalue weighted by atomic mass is 16.6. The molecule has 0 saturated heterocycles. The van der Waals surface area contributed by atoms with Gasteiger partial charge in [0.2, 0.25) is 0 Å². The highest BCUT2D eigenvalue weighted by molar-refractivity contribution is 5.68. The molecule has 104 valence electrons. The van der Waals surface area contributed by atoms with Crippen LogP contribution in [-0.2, 0) is 4.74 Å². The van der Waals surface area contributed by atoms with Gasteiger partial charge in [0.1, 0.15) is 0 Å². The molecule has 0 aliphatic heterocycles. The first-order chi connectivity index (χ1) is 8.69. The van der Waals surface area contributed by atoms with E-state index in [4.69, 9.17) is 4.74 Å². The molecular weight excluding hydrogens is 226 g/mol. The lowest BCUT2D eigenvalue weighted by Crippen LogP contribution is -2.33. The Bertz CT molecular complexity index is 241. The third-order valence-electron chi connectivity index (χ3n) is 2.94. The largest absolute Gasteiger partial charge is 0.449 e. The van der Waals surface area contributed by atoms with E-state index in [1.807, 2.05) is 0 Å². The van der Waals surface area contributed by atoms with Crippen molar-refractivity contribution in [1.82, 2.24) is 4.90 Å². The summed E-state index contributed by atoms with van der Waals surface area (Å²) in [7, 11) is 0. The zero-order valence-electron chi connectivity index (χ0n) is 11.9. The zero-order chi connectivity index (χ0) is 13.8. The molecule has 18 heavy (non-hydrogen) atoms. The first kappa shape index (κ1) is 16.8. The number of unbranched alkanes of at least 4 members (excludes halogenated alkanes) is 1. The van der Waals surface area contributed by atoms with Gasteiger partial charge in [0.05, 0.1) is 6.61 Å². The molecule has 0 spiro atoms. The fourth-order valence-electron chi connectivity index (χ4n) is 1.71. The van der Waals surface area contributed by atoms with Gasteiger partial charge in [-0.25, -0.2) is 4.79 Å². The Morgan fingerprint density at radius 1 is 1.28 bits per heavy atom. The second-order valence-corrected chi connectivity index (χ2v) is 4.48. The monoisotopic (exact) mass is 253 g/mol. The Balaban J connectivity index is 4.09. The van der Waals surface area contributed by atoms with E-state index < -0.39 is 0 Å². The van der Waals surface area contributed by atoms with E-state index in [0.29, 0.717) is 25.6 Å². The van der Waals surface area contributed by atoms with Crippen LogP contribution in [0.2, 0.25) is 0 Å². The maximum atomic E-state index is 11.8. The molecule has 0 aromatic heterocycles. The van der Waals surface area contributed by atoms with E-state index in [1.54, 1.807) is 17.1 Å². The number of hydrogen-bond donors (Lipinski definition) is 0. The van der Waals surface area contributed by atoms with E-state index in [9.17, 15) is 4.79 Å². The lowest BCUT2D eigenvalue weighted by atomic mass is 10.0. The summed E-state index contributed by atoms with van der Waals surface area (Å²) < 4.78 is 5.35. The Hall–Kier alpha value is -1.25. The number of nitrogens with zero attached hydrogens (tertiary/aromatic N) is 1. The van der Waals surface area contributed by atoms with Crippen LogP contribution in [0.5, 0.6) is 0 Å². The minimum atomic E-state index is -0.273. The number of ether oxygens (including phenoxy) is 1. The van der Waals surface area contributed by atoms with E-state index in [0.717, 1.165) is 12.8 Å². The van der Waals surface area contributed by atoms with Crippen LogP contribution in [0, 0.1) is 5.92 Å². The second-order valence-electron chi connectivity index (χ2n) is 4.48.